The number of hydrogen-bond acceptors (Lipinski definition) is 11. The Hall–Kier alpha value is -5.86. The van der Waals surface area contributed by atoms with E-state index in [1.165, 1.54) is 16.7 Å². The van der Waals surface area contributed by atoms with Crippen LogP contribution in [0.2, 0.25) is 0 Å². The van der Waals surface area contributed by atoms with E-state index in [9.17, 15) is 51.9 Å². The van der Waals surface area contributed by atoms with Crippen LogP contribution in [0.3, 0.4) is 0 Å². The number of phosphoric acid groups is 1. The van der Waals surface area contributed by atoms with Crippen LogP contribution < -0.4 is 21.3 Å². The van der Waals surface area contributed by atoms with Gasteiger partial charge in [-0.2, -0.15) is 0 Å². The monoisotopic (exact) mass is 953 g/mol. The number of nitrogens with one attached hydrogen (secondary N) is 4. The van der Waals surface area contributed by atoms with Crippen LogP contribution in [-0.2, 0) is 49.0 Å². The maximum atomic E-state index is 15.1. The van der Waals surface area contributed by atoms with E-state index in [0.29, 0.717) is 30.9 Å². The smallest absolute Gasteiger partial charge is 0.458 e. The van der Waals surface area contributed by atoms with E-state index in [1.54, 1.807) is 31.2 Å². The van der Waals surface area contributed by atoms with Crippen LogP contribution in [0.5, 0.6) is 0 Å². The Morgan fingerprint density at radius 1 is 0.925 bits per heavy atom. The number of aldehydes is 1. The molecule has 4 saturated heterocycles. The number of amides is 6. The second-order valence-electron chi connectivity index (χ2n) is 17.9. The number of halogens is 2. The SMILES string of the molecule is C[C@@H]1C[C@H]2C(=O)O[C@@H](C)[C@H](NC(=O)[C@H](Cc3cc(F)cc(F)c3)NC(=O)Nc3ccc4ccccc4c3)C(=O)N3C[C@H](OP(=O)(O)O)C[C@H]3C(=O)N3CCCC[C@]3(C=O)CN[C@@H](C)C(=O)N2C1. The van der Waals surface area contributed by atoms with Crippen molar-refractivity contribution in [1.29, 1.82) is 0 Å². The zero-order chi connectivity index (χ0) is 48.4. The second-order valence-corrected chi connectivity index (χ2v) is 19.1. The van der Waals surface area contributed by atoms with E-state index in [0.717, 1.165) is 27.8 Å². The number of esters is 1. The van der Waals surface area contributed by atoms with Crippen LogP contribution in [0, 0.1) is 17.6 Å². The fourth-order valence-electron chi connectivity index (χ4n) is 9.55. The number of hydrogen-bond donors (Lipinski definition) is 6. The van der Waals surface area contributed by atoms with Crippen LogP contribution >= 0.6 is 7.82 Å². The number of piperidine rings is 1. The van der Waals surface area contributed by atoms with Crippen molar-refractivity contribution in [2.24, 2.45) is 5.92 Å². The minimum Gasteiger partial charge on any atom is -0.458 e. The molecule has 67 heavy (non-hydrogen) atoms. The van der Waals surface area contributed by atoms with Crippen LogP contribution in [0.1, 0.15) is 58.4 Å². The van der Waals surface area contributed by atoms with Crippen LogP contribution in [0.15, 0.2) is 60.7 Å². The Labute approximate surface area is 384 Å². The molecule has 0 unspecified atom stereocenters. The third-order valence-corrected chi connectivity index (χ3v) is 13.4. The third-order valence-electron chi connectivity index (χ3n) is 12.9. The molecular weight excluding hydrogens is 900 g/mol. The molecule has 4 aliphatic rings. The van der Waals surface area contributed by atoms with Gasteiger partial charge in [0, 0.05) is 50.8 Å². The van der Waals surface area contributed by atoms with Crippen LogP contribution in [-0.4, -0.2) is 141 Å². The molecule has 4 fully saturated rings. The molecule has 0 bridgehead atoms. The van der Waals surface area contributed by atoms with Gasteiger partial charge < -0.3 is 55.3 Å². The maximum absolute atomic E-state index is 15.1. The quantitative estimate of drug-likeness (QED) is 0.103. The van der Waals surface area contributed by atoms with E-state index in [1.807, 2.05) is 25.1 Å². The highest BCUT2D eigenvalue weighted by molar-refractivity contribution is 7.46. The Balaban J connectivity index is 1.27. The zero-order valence-electron chi connectivity index (χ0n) is 37.1. The number of carbonyl (C=O) groups excluding carboxylic acids is 7. The van der Waals surface area contributed by atoms with Crippen molar-refractivity contribution in [3.05, 3.63) is 77.9 Å². The summed E-state index contributed by atoms with van der Waals surface area (Å²) in [7, 11) is -5.23. The minimum absolute atomic E-state index is 0.0410. The molecule has 6 N–H and O–H groups in total. The summed E-state index contributed by atoms with van der Waals surface area (Å²) in [6.07, 6.45) is -2.12. The number of phosphoric ester groups is 1. The van der Waals surface area contributed by atoms with Gasteiger partial charge in [-0.3, -0.25) is 23.7 Å². The van der Waals surface area contributed by atoms with Gasteiger partial charge in [-0.15, -0.1) is 0 Å². The summed E-state index contributed by atoms with van der Waals surface area (Å²) in [5.41, 5.74) is -1.28. The van der Waals surface area contributed by atoms with Crippen molar-refractivity contribution < 1.29 is 66.0 Å². The topological polar surface area (TPSA) is 253 Å². The Morgan fingerprint density at radius 3 is 2.33 bits per heavy atom. The van der Waals surface area contributed by atoms with Crippen molar-refractivity contribution in [2.75, 3.05) is 31.5 Å². The molecule has 360 valence electrons. The lowest BCUT2D eigenvalue weighted by molar-refractivity contribution is -0.163. The summed E-state index contributed by atoms with van der Waals surface area (Å²) < 4.78 is 52.1. The largest absolute Gasteiger partial charge is 0.469 e. The lowest BCUT2D eigenvalue weighted by atomic mass is 9.86. The molecule has 7 rings (SSSR count). The normalized spacial score (nSPS) is 28.0. The number of ether oxygens (including phenoxy) is 1. The summed E-state index contributed by atoms with van der Waals surface area (Å²) >= 11 is 0. The van der Waals surface area contributed by atoms with Crippen molar-refractivity contribution >= 4 is 66.2 Å². The number of carbonyl (C=O) groups is 7. The number of anilines is 1. The first kappa shape index (κ1) is 49.1. The molecule has 9 atom stereocenters. The predicted octanol–water partition coefficient (Wildman–Crippen LogP) is 2.53. The molecule has 22 heteroatoms. The first-order valence-corrected chi connectivity index (χ1v) is 23.7. The zero-order valence-corrected chi connectivity index (χ0v) is 38.0. The van der Waals surface area contributed by atoms with E-state index in [2.05, 4.69) is 21.3 Å². The lowest BCUT2D eigenvalue weighted by Gasteiger charge is -2.46. The van der Waals surface area contributed by atoms with E-state index >= 15 is 4.79 Å². The van der Waals surface area contributed by atoms with Gasteiger partial charge in [0.05, 0.1) is 12.1 Å². The van der Waals surface area contributed by atoms with Gasteiger partial charge in [0.2, 0.25) is 23.6 Å². The molecule has 3 aromatic carbocycles. The average Bonchev–Trinajstić information content (AvgIpc) is 3.88. The molecule has 4 heterocycles. The number of rotatable bonds is 9. The van der Waals surface area contributed by atoms with Crippen molar-refractivity contribution in [3.63, 3.8) is 0 Å². The summed E-state index contributed by atoms with van der Waals surface area (Å²) in [5.74, 6) is -6.54. The number of benzene rings is 3. The Kier molecular flexibility index (Phi) is 14.8. The van der Waals surface area contributed by atoms with E-state index in [4.69, 9.17) is 9.26 Å². The minimum atomic E-state index is -5.23. The highest BCUT2D eigenvalue weighted by Crippen LogP contribution is 2.42. The standard InChI is InChI=1S/C45H54F2N7O12P/c1-25-14-37-43(60)65-27(3)38(51-39(56)35(17-28-15-31(46)19-32(47)16-28)50-44(61)49-33-11-10-29-8-4-5-9-30(29)18-33)42(59)53-22-34(66-67(62,63)64)20-36(53)41(58)54-13-7-6-12-45(54,24-55)23-48-26(2)40(57)52(37)21-25/h4-5,8-11,15-16,18-19,24-27,34-38,48H,6-7,12-14,17,20-23H2,1-3H3,(H,51,56)(H2,49,50,61)(H2,62,63,64)/t25-,26+,27+,34-,35+,36+,37+,38+,45-/m1/s1. The van der Waals surface area contributed by atoms with E-state index in [-0.39, 0.29) is 44.0 Å². The molecule has 0 spiro atoms. The summed E-state index contributed by atoms with van der Waals surface area (Å²) in [4.78, 5) is 123. The van der Waals surface area contributed by atoms with Crippen molar-refractivity contribution in [3.8, 4) is 0 Å². The number of cyclic esters (lactones) is 1. The predicted molar refractivity (Wildman–Crippen MR) is 236 cm³/mol. The van der Waals surface area contributed by atoms with Gasteiger partial charge in [0.25, 0.3) is 0 Å². The summed E-state index contributed by atoms with van der Waals surface area (Å²) in [5, 5.41) is 12.4. The van der Waals surface area contributed by atoms with Gasteiger partial charge in [0.1, 0.15) is 53.7 Å². The van der Waals surface area contributed by atoms with Gasteiger partial charge in [-0.05, 0) is 86.1 Å². The molecular formula is C45H54F2N7O12P. The molecule has 3 aromatic rings. The lowest BCUT2D eigenvalue weighted by Crippen LogP contribution is -2.66. The molecule has 19 nitrogen and oxygen atoms in total. The summed E-state index contributed by atoms with van der Waals surface area (Å²) in [6.45, 7) is 4.07. The first-order valence-electron chi connectivity index (χ1n) is 22.1. The first-order chi connectivity index (χ1) is 31.7. The van der Waals surface area contributed by atoms with Crippen molar-refractivity contribution in [1.82, 2.24) is 30.7 Å². The highest BCUT2D eigenvalue weighted by Gasteiger charge is 2.52. The molecule has 6 amide bonds. The van der Waals surface area contributed by atoms with Gasteiger partial charge in [0.15, 0.2) is 0 Å². The van der Waals surface area contributed by atoms with Gasteiger partial charge in [-0.25, -0.2) is 22.9 Å². The average molecular weight is 954 g/mol. The van der Waals surface area contributed by atoms with Gasteiger partial charge in [-0.1, -0.05) is 37.3 Å². The number of nitrogens with zero attached hydrogens (tertiary/aromatic N) is 3. The molecule has 0 saturated carbocycles. The third kappa shape index (κ3) is 11.3. The molecule has 0 aliphatic carbocycles. The van der Waals surface area contributed by atoms with Crippen LogP contribution in [0.25, 0.3) is 10.8 Å². The van der Waals surface area contributed by atoms with Crippen LogP contribution in [0.4, 0.5) is 19.3 Å². The Morgan fingerprint density at radius 2 is 1.63 bits per heavy atom. The number of fused-ring (bicyclic) bond motifs is 4. The number of urea groups is 1. The summed E-state index contributed by atoms with van der Waals surface area (Å²) in [6, 6.07) is 6.72. The second kappa shape index (κ2) is 20.2. The van der Waals surface area contributed by atoms with E-state index < -0.39 is 122 Å². The molecule has 0 radical (unpaired) electrons. The fourth-order valence-corrected chi connectivity index (χ4v) is 10.1. The van der Waals surface area contributed by atoms with Crippen molar-refractivity contribution in [2.45, 2.75) is 107 Å². The van der Waals surface area contributed by atoms with Gasteiger partial charge >= 0.3 is 19.8 Å². The maximum Gasteiger partial charge on any atom is 0.469 e. The fraction of sp³-hybridized carbons (Fsp3) is 0.489. The molecule has 0 aromatic heterocycles. The Bertz CT molecular complexity index is 2460. The highest BCUT2D eigenvalue weighted by atomic mass is 31.2. The molecule has 4 aliphatic heterocycles.